The van der Waals surface area contributed by atoms with E-state index >= 15 is 0 Å². The number of ketones is 2. The Morgan fingerprint density at radius 1 is 1.31 bits per heavy atom. The normalized spacial score (nSPS) is 38.4. The van der Waals surface area contributed by atoms with Crippen LogP contribution in [0.4, 0.5) is 0 Å². The highest BCUT2D eigenvalue weighted by atomic mass is 16.6. The molecule has 4 rings (SSSR count). The van der Waals surface area contributed by atoms with Crippen molar-refractivity contribution in [2.24, 2.45) is 5.92 Å². The smallest absolute Gasteiger partial charge is 0.162 e. The Bertz CT molecular complexity index is 696. The van der Waals surface area contributed by atoms with Crippen molar-refractivity contribution in [2.45, 2.75) is 62.4 Å². The summed E-state index contributed by atoms with van der Waals surface area (Å²) >= 11 is 0. The molecule has 2 heterocycles. The van der Waals surface area contributed by atoms with Gasteiger partial charge in [0.1, 0.15) is 23.1 Å². The van der Waals surface area contributed by atoms with Gasteiger partial charge in [0, 0.05) is 26.4 Å². The van der Waals surface area contributed by atoms with Gasteiger partial charge in [-0.1, -0.05) is 30.3 Å². The third kappa shape index (κ3) is 3.13. The standard InChI is InChI=1S/C21H26O5/c1-20(19-18(24-2)16(23)10-11-21(19)13-25-21)17(26-20)12-15(22)9-8-14-6-4-3-5-7-14/h3-7,17-19H,8-13H2,1-2H3/t17-,18-,19-,20+,21+/m1/s1. The van der Waals surface area contributed by atoms with Crippen LogP contribution in [0.3, 0.4) is 0 Å². The summed E-state index contributed by atoms with van der Waals surface area (Å²) in [6.07, 6.45) is 2.22. The molecule has 1 aromatic carbocycles. The quantitative estimate of drug-likeness (QED) is 0.701. The minimum Gasteiger partial charge on any atom is -0.373 e. The van der Waals surface area contributed by atoms with E-state index in [0.717, 1.165) is 12.8 Å². The van der Waals surface area contributed by atoms with Gasteiger partial charge in [-0.15, -0.1) is 0 Å². The third-order valence-corrected chi connectivity index (χ3v) is 6.29. The molecule has 0 radical (unpaired) electrons. The molecular weight excluding hydrogens is 332 g/mol. The van der Waals surface area contributed by atoms with Gasteiger partial charge in [-0.25, -0.2) is 0 Å². The lowest BCUT2D eigenvalue weighted by atomic mass is 9.68. The van der Waals surface area contributed by atoms with Crippen LogP contribution in [0.5, 0.6) is 0 Å². The molecule has 0 bridgehead atoms. The summed E-state index contributed by atoms with van der Waals surface area (Å²) in [5, 5.41) is 0. The van der Waals surface area contributed by atoms with Crippen molar-refractivity contribution < 1.29 is 23.8 Å². The molecule has 0 aromatic heterocycles. The zero-order valence-corrected chi connectivity index (χ0v) is 15.4. The summed E-state index contributed by atoms with van der Waals surface area (Å²) < 4.78 is 17.3. The Hall–Kier alpha value is -1.56. The average molecular weight is 358 g/mol. The number of methoxy groups -OCH3 is 1. The van der Waals surface area contributed by atoms with Gasteiger partial charge >= 0.3 is 0 Å². The Balaban J connectivity index is 1.38. The van der Waals surface area contributed by atoms with Crippen molar-refractivity contribution in [3.8, 4) is 0 Å². The van der Waals surface area contributed by atoms with E-state index in [-0.39, 0.29) is 29.2 Å². The fourth-order valence-corrected chi connectivity index (χ4v) is 4.63. The predicted octanol–water partition coefficient (Wildman–Crippen LogP) is 2.50. The first kappa shape index (κ1) is 17.8. The highest BCUT2D eigenvalue weighted by Gasteiger charge is 2.72. The van der Waals surface area contributed by atoms with Crippen LogP contribution in [0.2, 0.25) is 0 Å². The monoisotopic (exact) mass is 358 g/mol. The molecule has 1 aliphatic carbocycles. The summed E-state index contributed by atoms with van der Waals surface area (Å²) in [7, 11) is 1.57. The molecule has 5 heteroatoms. The number of rotatable bonds is 7. The van der Waals surface area contributed by atoms with Gasteiger partial charge in [0.05, 0.1) is 18.6 Å². The van der Waals surface area contributed by atoms with Crippen LogP contribution >= 0.6 is 0 Å². The number of Topliss-reactive ketones (excluding diaryl/α,β-unsaturated/α-hetero) is 2. The second-order valence-electron chi connectivity index (χ2n) is 7.97. The van der Waals surface area contributed by atoms with Gasteiger partial charge in [-0.05, 0) is 25.3 Å². The molecule has 0 N–H and O–H groups in total. The lowest BCUT2D eigenvalue weighted by Crippen LogP contribution is -2.53. The summed E-state index contributed by atoms with van der Waals surface area (Å²) in [6, 6.07) is 10.0. The topological polar surface area (TPSA) is 68.4 Å². The molecule has 3 fully saturated rings. The van der Waals surface area contributed by atoms with E-state index in [1.807, 2.05) is 37.3 Å². The molecule has 0 unspecified atom stereocenters. The Kier molecular flexibility index (Phi) is 4.49. The van der Waals surface area contributed by atoms with E-state index in [1.54, 1.807) is 7.11 Å². The SMILES string of the molecule is CO[C@@H]1C(=O)CC[C@]2(CO2)[C@H]1[C@@]1(C)O[C@@H]1CC(=O)CCc1ccccc1. The first-order chi connectivity index (χ1) is 12.5. The molecule has 140 valence electrons. The van der Waals surface area contributed by atoms with E-state index in [1.165, 1.54) is 5.56 Å². The molecule has 5 nitrogen and oxygen atoms in total. The van der Waals surface area contributed by atoms with Crippen LogP contribution < -0.4 is 0 Å². The highest BCUT2D eigenvalue weighted by Crippen LogP contribution is 2.58. The minimum atomic E-state index is -0.518. The summed E-state index contributed by atoms with van der Waals surface area (Å²) in [4.78, 5) is 24.7. The van der Waals surface area contributed by atoms with Crippen LogP contribution in [-0.4, -0.2) is 48.7 Å². The third-order valence-electron chi connectivity index (χ3n) is 6.29. The Morgan fingerprint density at radius 3 is 2.69 bits per heavy atom. The van der Waals surface area contributed by atoms with Gasteiger partial charge < -0.3 is 14.2 Å². The molecule has 1 saturated carbocycles. The number of hydrogen-bond donors (Lipinski definition) is 0. The number of carbonyl (C=O) groups is 2. The first-order valence-corrected chi connectivity index (χ1v) is 9.41. The van der Waals surface area contributed by atoms with Gasteiger partial charge in [-0.3, -0.25) is 9.59 Å². The summed E-state index contributed by atoms with van der Waals surface area (Å²) in [5.41, 5.74) is 0.351. The van der Waals surface area contributed by atoms with Crippen molar-refractivity contribution in [3.05, 3.63) is 35.9 Å². The number of hydrogen-bond acceptors (Lipinski definition) is 5. The molecule has 2 saturated heterocycles. The van der Waals surface area contributed by atoms with Crippen LogP contribution in [0.1, 0.15) is 38.2 Å². The maximum absolute atomic E-state index is 12.4. The first-order valence-electron chi connectivity index (χ1n) is 9.41. The van der Waals surface area contributed by atoms with Crippen LogP contribution in [-0.2, 0) is 30.2 Å². The number of benzene rings is 1. The lowest BCUT2D eigenvalue weighted by molar-refractivity contribution is -0.142. The van der Waals surface area contributed by atoms with E-state index < -0.39 is 11.7 Å². The Morgan fingerprint density at radius 2 is 2.04 bits per heavy atom. The van der Waals surface area contributed by atoms with Crippen LogP contribution in [0, 0.1) is 5.92 Å². The van der Waals surface area contributed by atoms with E-state index in [2.05, 4.69) is 0 Å². The highest BCUT2D eigenvalue weighted by molar-refractivity contribution is 5.85. The molecule has 2 aliphatic heterocycles. The van der Waals surface area contributed by atoms with Gasteiger partial charge in [0.25, 0.3) is 0 Å². The van der Waals surface area contributed by atoms with Crippen molar-refractivity contribution in [3.63, 3.8) is 0 Å². The fourth-order valence-electron chi connectivity index (χ4n) is 4.63. The van der Waals surface area contributed by atoms with Crippen molar-refractivity contribution in [1.82, 2.24) is 0 Å². The van der Waals surface area contributed by atoms with Crippen molar-refractivity contribution >= 4 is 11.6 Å². The predicted molar refractivity (Wildman–Crippen MR) is 94.9 cm³/mol. The van der Waals surface area contributed by atoms with E-state index in [4.69, 9.17) is 14.2 Å². The van der Waals surface area contributed by atoms with E-state index in [9.17, 15) is 9.59 Å². The van der Waals surface area contributed by atoms with E-state index in [0.29, 0.717) is 25.9 Å². The second-order valence-corrected chi connectivity index (χ2v) is 7.97. The van der Waals surface area contributed by atoms with Gasteiger partial charge in [0.2, 0.25) is 0 Å². The fraction of sp³-hybridized carbons (Fsp3) is 0.619. The number of carbonyl (C=O) groups excluding carboxylic acids is 2. The molecule has 0 amide bonds. The molecule has 1 spiro atoms. The molecule has 3 aliphatic rings. The average Bonchev–Trinajstić information content (AvgIpc) is 3.55. The molecular formula is C21H26O5. The van der Waals surface area contributed by atoms with Crippen LogP contribution in [0.25, 0.3) is 0 Å². The zero-order chi connectivity index (χ0) is 18.4. The van der Waals surface area contributed by atoms with Crippen LogP contribution in [0.15, 0.2) is 30.3 Å². The summed E-state index contributed by atoms with van der Waals surface area (Å²) in [6.45, 7) is 2.65. The number of aryl methyl sites for hydroxylation is 1. The van der Waals surface area contributed by atoms with Gasteiger partial charge in [-0.2, -0.15) is 0 Å². The maximum atomic E-state index is 12.4. The van der Waals surface area contributed by atoms with Crippen molar-refractivity contribution in [2.75, 3.05) is 13.7 Å². The molecule has 1 aromatic rings. The molecule has 26 heavy (non-hydrogen) atoms. The minimum absolute atomic E-state index is 0.115. The zero-order valence-electron chi connectivity index (χ0n) is 15.4. The summed E-state index contributed by atoms with van der Waals surface area (Å²) in [5.74, 6) is 0.183. The maximum Gasteiger partial charge on any atom is 0.162 e. The number of epoxide rings is 2. The largest absolute Gasteiger partial charge is 0.373 e. The van der Waals surface area contributed by atoms with Gasteiger partial charge in [0.15, 0.2) is 5.78 Å². The van der Waals surface area contributed by atoms with Crippen molar-refractivity contribution in [1.29, 1.82) is 0 Å². The second kappa shape index (κ2) is 6.55. The molecule has 5 atom stereocenters. The lowest BCUT2D eigenvalue weighted by Gasteiger charge is -2.37. The number of ether oxygens (including phenoxy) is 3. The Labute approximate surface area is 154 Å².